The van der Waals surface area contributed by atoms with Gasteiger partial charge in [0.2, 0.25) is 11.8 Å². The van der Waals surface area contributed by atoms with E-state index in [1.165, 1.54) is 4.90 Å². The minimum Gasteiger partial charge on any atom is -0.444 e. The van der Waals surface area contributed by atoms with Crippen molar-refractivity contribution in [2.24, 2.45) is 0 Å². The molecule has 8 nitrogen and oxygen atoms in total. The molecule has 2 amide bonds. The van der Waals surface area contributed by atoms with Gasteiger partial charge in [-0.25, -0.2) is 4.79 Å². The average molecular weight is 312 g/mol. The molecule has 124 valence electrons. The third-order valence-electron chi connectivity index (χ3n) is 2.62. The molecule has 22 heavy (non-hydrogen) atoms. The quantitative estimate of drug-likeness (QED) is 0.880. The van der Waals surface area contributed by atoms with Crippen LogP contribution >= 0.6 is 0 Å². The van der Waals surface area contributed by atoms with Gasteiger partial charge in [-0.15, -0.1) is 0 Å². The molecule has 0 saturated carbocycles. The highest BCUT2D eigenvalue weighted by molar-refractivity contribution is 5.77. The minimum atomic E-state index is -0.554. The van der Waals surface area contributed by atoms with Crippen molar-refractivity contribution in [3.05, 3.63) is 11.7 Å². The Balaban J connectivity index is 2.41. The molecule has 0 spiro atoms. The largest absolute Gasteiger partial charge is 0.444 e. The number of alkyl carbamates (subject to hydrolysis) is 1. The number of carbonyl (C=O) groups is 2. The highest BCUT2D eigenvalue weighted by Gasteiger charge is 2.20. The van der Waals surface area contributed by atoms with Crippen molar-refractivity contribution in [3.8, 4) is 0 Å². The van der Waals surface area contributed by atoms with Crippen molar-refractivity contribution in [3.63, 3.8) is 0 Å². The first-order valence-electron chi connectivity index (χ1n) is 7.09. The summed E-state index contributed by atoms with van der Waals surface area (Å²) in [6.07, 6.45) is -0.442. The van der Waals surface area contributed by atoms with Gasteiger partial charge in [-0.1, -0.05) is 5.16 Å². The molecule has 1 aromatic rings. The first-order chi connectivity index (χ1) is 10.1. The summed E-state index contributed by atoms with van der Waals surface area (Å²) < 4.78 is 9.98. The second-order valence-corrected chi connectivity index (χ2v) is 6.23. The van der Waals surface area contributed by atoms with Crippen molar-refractivity contribution in [2.45, 2.75) is 52.7 Å². The molecule has 0 radical (unpaired) electrons. The van der Waals surface area contributed by atoms with Crippen LogP contribution in [-0.4, -0.2) is 52.3 Å². The Morgan fingerprint density at radius 3 is 2.55 bits per heavy atom. The summed E-state index contributed by atoms with van der Waals surface area (Å²) >= 11 is 0. The number of nitrogens with one attached hydrogen (secondary N) is 1. The van der Waals surface area contributed by atoms with Gasteiger partial charge in [0.15, 0.2) is 5.82 Å². The van der Waals surface area contributed by atoms with Crippen molar-refractivity contribution in [1.82, 2.24) is 20.4 Å². The summed E-state index contributed by atoms with van der Waals surface area (Å²) in [7, 11) is 1.66. The van der Waals surface area contributed by atoms with Gasteiger partial charge >= 0.3 is 6.09 Å². The maximum Gasteiger partial charge on any atom is 0.407 e. The molecule has 0 fully saturated rings. The second-order valence-electron chi connectivity index (χ2n) is 6.23. The predicted molar refractivity (Wildman–Crippen MR) is 79.2 cm³/mol. The molecule has 0 aromatic carbocycles. The topological polar surface area (TPSA) is 97.6 Å². The van der Waals surface area contributed by atoms with E-state index in [2.05, 4.69) is 15.5 Å². The standard InChI is InChI=1S/C14H24N4O4/c1-9(15-13(20)21-14(3,4)5)8-18(6)12(19)7-11-16-10(2)22-17-11/h9H,7-8H2,1-6H3,(H,15,20). The molecular weight excluding hydrogens is 288 g/mol. The lowest BCUT2D eigenvalue weighted by Gasteiger charge is -2.24. The fourth-order valence-electron chi connectivity index (χ4n) is 1.75. The Morgan fingerprint density at radius 2 is 2.05 bits per heavy atom. The average Bonchev–Trinajstić information content (AvgIpc) is 2.71. The Kier molecular flexibility index (Phi) is 5.90. The Bertz CT molecular complexity index is 521. The van der Waals surface area contributed by atoms with Crippen LogP contribution in [0.3, 0.4) is 0 Å². The first-order valence-corrected chi connectivity index (χ1v) is 7.09. The summed E-state index contributed by atoms with van der Waals surface area (Å²) in [5.74, 6) is 0.617. The molecule has 1 aromatic heterocycles. The van der Waals surface area contributed by atoms with Crippen LogP contribution in [0.25, 0.3) is 0 Å². The van der Waals surface area contributed by atoms with E-state index in [0.717, 1.165) is 0 Å². The third-order valence-corrected chi connectivity index (χ3v) is 2.62. The van der Waals surface area contributed by atoms with Gasteiger partial charge in [-0.2, -0.15) is 4.98 Å². The molecule has 1 unspecified atom stereocenters. The summed E-state index contributed by atoms with van der Waals surface area (Å²) in [6, 6.07) is -0.240. The van der Waals surface area contributed by atoms with E-state index in [1.54, 1.807) is 41.7 Å². The molecule has 0 aliphatic carbocycles. The van der Waals surface area contributed by atoms with E-state index < -0.39 is 11.7 Å². The maximum atomic E-state index is 12.0. The molecule has 1 atom stereocenters. The highest BCUT2D eigenvalue weighted by atomic mass is 16.6. The highest BCUT2D eigenvalue weighted by Crippen LogP contribution is 2.07. The number of aryl methyl sites for hydroxylation is 1. The van der Waals surface area contributed by atoms with Gasteiger partial charge in [0.1, 0.15) is 5.60 Å². The van der Waals surface area contributed by atoms with Gasteiger partial charge in [0, 0.05) is 26.6 Å². The summed E-state index contributed by atoms with van der Waals surface area (Å²) in [6.45, 7) is 9.19. The van der Waals surface area contributed by atoms with Gasteiger partial charge in [-0.05, 0) is 27.7 Å². The molecule has 0 saturated heterocycles. The van der Waals surface area contributed by atoms with Crippen LogP contribution in [0.4, 0.5) is 4.79 Å². The third kappa shape index (κ3) is 6.55. The molecule has 0 aliphatic heterocycles. The molecule has 8 heteroatoms. The Morgan fingerprint density at radius 1 is 1.41 bits per heavy atom. The number of hydrogen-bond donors (Lipinski definition) is 1. The molecule has 1 N–H and O–H groups in total. The zero-order valence-corrected chi connectivity index (χ0v) is 14.0. The van der Waals surface area contributed by atoms with E-state index in [1.807, 2.05) is 0 Å². The van der Waals surface area contributed by atoms with Gasteiger partial charge in [0.05, 0.1) is 6.42 Å². The van der Waals surface area contributed by atoms with Crippen LogP contribution in [-0.2, 0) is 16.0 Å². The number of aromatic nitrogens is 2. The lowest BCUT2D eigenvalue weighted by atomic mass is 10.2. The van der Waals surface area contributed by atoms with Crippen LogP contribution in [0.2, 0.25) is 0 Å². The minimum absolute atomic E-state index is 0.0625. The van der Waals surface area contributed by atoms with Crippen molar-refractivity contribution < 1.29 is 18.8 Å². The fourth-order valence-corrected chi connectivity index (χ4v) is 1.75. The van der Waals surface area contributed by atoms with Gasteiger partial charge < -0.3 is 19.5 Å². The normalized spacial score (nSPS) is 12.6. The Hall–Kier alpha value is -2.12. The number of carbonyl (C=O) groups excluding carboxylic acids is 2. The van der Waals surface area contributed by atoms with Crippen LogP contribution < -0.4 is 5.32 Å². The van der Waals surface area contributed by atoms with Crippen LogP contribution in [0.15, 0.2) is 4.52 Å². The first kappa shape index (κ1) is 17.9. The van der Waals surface area contributed by atoms with E-state index in [9.17, 15) is 9.59 Å². The number of hydrogen-bond acceptors (Lipinski definition) is 6. The summed E-state index contributed by atoms with van der Waals surface area (Å²) in [4.78, 5) is 29.2. The van der Waals surface area contributed by atoms with Crippen molar-refractivity contribution in [1.29, 1.82) is 0 Å². The molecule has 0 aliphatic rings. The molecule has 0 bridgehead atoms. The predicted octanol–water partition coefficient (Wildman–Crippen LogP) is 1.29. The number of rotatable bonds is 5. The maximum absolute atomic E-state index is 12.0. The molecule has 1 rings (SSSR count). The molecule has 1 heterocycles. The SMILES string of the molecule is Cc1nc(CC(=O)N(C)CC(C)NC(=O)OC(C)(C)C)no1. The van der Waals surface area contributed by atoms with E-state index >= 15 is 0 Å². The summed E-state index contributed by atoms with van der Waals surface area (Å²) in [5.41, 5.74) is -0.554. The van der Waals surface area contributed by atoms with Crippen LogP contribution in [0.1, 0.15) is 39.4 Å². The van der Waals surface area contributed by atoms with Crippen LogP contribution in [0, 0.1) is 6.92 Å². The number of amides is 2. The van der Waals surface area contributed by atoms with Crippen LogP contribution in [0.5, 0.6) is 0 Å². The lowest BCUT2D eigenvalue weighted by molar-refractivity contribution is -0.129. The van der Waals surface area contributed by atoms with Crippen molar-refractivity contribution >= 4 is 12.0 Å². The van der Waals surface area contributed by atoms with E-state index in [0.29, 0.717) is 18.3 Å². The number of nitrogens with zero attached hydrogens (tertiary/aromatic N) is 3. The summed E-state index contributed by atoms with van der Waals surface area (Å²) in [5, 5.41) is 6.37. The van der Waals surface area contributed by atoms with Gasteiger partial charge in [-0.3, -0.25) is 4.79 Å². The Labute approximate surface area is 130 Å². The number of ether oxygens (including phenoxy) is 1. The van der Waals surface area contributed by atoms with Gasteiger partial charge in [0.25, 0.3) is 0 Å². The van der Waals surface area contributed by atoms with Crippen molar-refractivity contribution in [2.75, 3.05) is 13.6 Å². The smallest absolute Gasteiger partial charge is 0.407 e. The number of likely N-dealkylation sites (N-methyl/N-ethyl adjacent to an activating group) is 1. The molecular formula is C14H24N4O4. The lowest BCUT2D eigenvalue weighted by Crippen LogP contribution is -2.44. The fraction of sp³-hybridized carbons (Fsp3) is 0.714. The second kappa shape index (κ2) is 7.24. The monoisotopic (exact) mass is 312 g/mol. The van der Waals surface area contributed by atoms with E-state index in [4.69, 9.17) is 9.26 Å². The zero-order chi connectivity index (χ0) is 16.9. The zero-order valence-electron chi connectivity index (χ0n) is 14.0. The van der Waals surface area contributed by atoms with E-state index in [-0.39, 0.29) is 18.4 Å².